The first kappa shape index (κ1) is 10.0. The van der Waals surface area contributed by atoms with Crippen LogP contribution in [0.1, 0.15) is 11.9 Å². The number of thiophene rings is 1. The summed E-state index contributed by atoms with van der Waals surface area (Å²) in [6, 6.07) is 12.6. The molecule has 0 spiro atoms. The van der Waals surface area contributed by atoms with Crippen LogP contribution in [0.4, 0.5) is 0 Å². The summed E-state index contributed by atoms with van der Waals surface area (Å²) in [4.78, 5) is 1.29. The van der Waals surface area contributed by atoms with Gasteiger partial charge in [-0.3, -0.25) is 0 Å². The Hall–Kier alpha value is -1.16. The summed E-state index contributed by atoms with van der Waals surface area (Å²) < 4.78 is 10.9. The molecule has 1 fully saturated rings. The lowest BCUT2D eigenvalue weighted by molar-refractivity contribution is -0.0441. The zero-order valence-electron chi connectivity index (χ0n) is 8.76. The first-order chi connectivity index (χ1) is 7.93. The van der Waals surface area contributed by atoms with E-state index in [9.17, 15) is 0 Å². The second kappa shape index (κ2) is 4.37. The SMILES string of the molecule is c1csc(-c2ccc(C3OCCO3)cc2)c1. The van der Waals surface area contributed by atoms with Gasteiger partial charge in [-0.25, -0.2) is 0 Å². The molecule has 3 heteroatoms. The minimum Gasteiger partial charge on any atom is -0.346 e. The van der Waals surface area contributed by atoms with Gasteiger partial charge in [0.2, 0.25) is 0 Å². The molecule has 1 aliphatic rings. The lowest BCUT2D eigenvalue weighted by Gasteiger charge is -2.09. The highest BCUT2D eigenvalue weighted by atomic mass is 32.1. The molecule has 82 valence electrons. The lowest BCUT2D eigenvalue weighted by atomic mass is 10.1. The quantitative estimate of drug-likeness (QED) is 0.789. The van der Waals surface area contributed by atoms with Gasteiger partial charge in [-0.05, 0) is 17.0 Å². The molecule has 0 radical (unpaired) electrons. The van der Waals surface area contributed by atoms with Crippen molar-refractivity contribution in [3.05, 3.63) is 47.3 Å². The molecule has 1 aromatic heterocycles. The Bertz CT molecular complexity index is 441. The molecule has 1 aliphatic heterocycles. The summed E-state index contributed by atoms with van der Waals surface area (Å²) in [5, 5.41) is 2.09. The number of hydrogen-bond donors (Lipinski definition) is 0. The van der Waals surface area contributed by atoms with Gasteiger partial charge in [0.1, 0.15) is 0 Å². The number of rotatable bonds is 2. The monoisotopic (exact) mass is 232 g/mol. The van der Waals surface area contributed by atoms with Gasteiger partial charge in [-0.15, -0.1) is 11.3 Å². The van der Waals surface area contributed by atoms with Gasteiger partial charge in [-0.1, -0.05) is 30.3 Å². The van der Waals surface area contributed by atoms with Gasteiger partial charge < -0.3 is 9.47 Å². The van der Waals surface area contributed by atoms with Crippen LogP contribution >= 0.6 is 11.3 Å². The Labute approximate surface area is 98.4 Å². The van der Waals surface area contributed by atoms with E-state index in [0.29, 0.717) is 13.2 Å². The minimum atomic E-state index is -0.169. The summed E-state index contributed by atoms with van der Waals surface area (Å²) in [6.07, 6.45) is -0.169. The third-order valence-electron chi connectivity index (χ3n) is 2.61. The molecule has 2 aromatic rings. The van der Waals surface area contributed by atoms with Gasteiger partial charge in [0, 0.05) is 10.4 Å². The summed E-state index contributed by atoms with van der Waals surface area (Å²) in [6.45, 7) is 1.38. The molecule has 2 heterocycles. The highest BCUT2D eigenvalue weighted by molar-refractivity contribution is 7.13. The molecule has 0 aliphatic carbocycles. The smallest absolute Gasteiger partial charge is 0.184 e. The summed E-state index contributed by atoms with van der Waals surface area (Å²) in [5.41, 5.74) is 2.34. The van der Waals surface area contributed by atoms with Crippen molar-refractivity contribution in [3.8, 4) is 10.4 Å². The van der Waals surface area contributed by atoms with Crippen LogP contribution in [0, 0.1) is 0 Å². The van der Waals surface area contributed by atoms with Crippen LogP contribution in [-0.2, 0) is 9.47 Å². The third kappa shape index (κ3) is 1.89. The van der Waals surface area contributed by atoms with Crippen molar-refractivity contribution >= 4 is 11.3 Å². The number of benzene rings is 1. The van der Waals surface area contributed by atoms with E-state index < -0.39 is 0 Å². The molecule has 0 saturated carbocycles. The summed E-state index contributed by atoms with van der Waals surface area (Å²) in [7, 11) is 0. The summed E-state index contributed by atoms with van der Waals surface area (Å²) >= 11 is 1.75. The van der Waals surface area contributed by atoms with Gasteiger partial charge in [-0.2, -0.15) is 0 Å². The Morgan fingerprint density at radius 3 is 2.38 bits per heavy atom. The maximum absolute atomic E-state index is 5.45. The van der Waals surface area contributed by atoms with Gasteiger partial charge in [0.05, 0.1) is 13.2 Å². The van der Waals surface area contributed by atoms with Crippen LogP contribution in [0.3, 0.4) is 0 Å². The predicted molar refractivity (Wildman–Crippen MR) is 64.4 cm³/mol. The molecule has 0 amide bonds. The minimum absolute atomic E-state index is 0.169. The van der Waals surface area contributed by atoms with E-state index >= 15 is 0 Å². The molecule has 1 saturated heterocycles. The average Bonchev–Trinajstić information content (AvgIpc) is 3.03. The molecule has 0 unspecified atom stereocenters. The van der Waals surface area contributed by atoms with E-state index in [-0.39, 0.29) is 6.29 Å². The van der Waals surface area contributed by atoms with Crippen LogP contribution in [0.2, 0.25) is 0 Å². The molecule has 0 N–H and O–H groups in total. The standard InChI is InChI=1S/C13H12O2S/c1-2-12(16-9-1)10-3-5-11(6-4-10)13-14-7-8-15-13/h1-6,9,13H,7-8H2. The van der Waals surface area contributed by atoms with Crippen molar-refractivity contribution < 1.29 is 9.47 Å². The fraction of sp³-hybridized carbons (Fsp3) is 0.231. The molecule has 1 aromatic carbocycles. The first-order valence-corrected chi connectivity index (χ1v) is 6.18. The molecule has 0 bridgehead atoms. The molecular weight excluding hydrogens is 220 g/mol. The Morgan fingerprint density at radius 1 is 1.00 bits per heavy atom. The fourth-order valence-corrected chi connectivity index (χ4v) is 2.53. The largest absolute Gasteiger partial charge is 0.346 e. The predicted octanol–water partition coefficient (Wildman–Crippen LogP) is 3.46. The van der Waals surface area contributed by atoms with E-state index in [4.69, 9.17) is 9.47 Å². The first-order valence-electron chi connectivity index (χ1n) is 5.30. The zero-order valence-corrected chi connectivity index (χ0v) is 9.57. The highest BCUT2D eigenvalue weighted by Crippen LogP contribution is 2.28. The normalized spacial score (nSPS) is 16.8. The van der Waals surface area contributed by atoms with Crippen molar-refractivity contribution in [3.63, 3.8) is 0 Å². The van der Waals surface area contributed by atoms with Crippen molar-refractivity contribution in [1.29, 1.82) is 0 Å². The lowest BCUT2D eigenvalue weighted by Crippen LogP contribution is -1.97. The Kier molecular flexibility index (Phi) is 2.74. The van der Waals surface area contributed by atoms with Gasteiger partial charge >= 0.3 is 0 Å². The van der Waals surface area contributed by atoms with Crippen LogP contribution in [0.25, 0.3) is 10.4 Å². The van der Waals surface area contributed by atoms with E-state index in [1.807, 2.05) is 0 Å². The molecular formula is C13H12O2S. The van der Waals surface area contributed by atoms with E-state index in [2.05, 4.69) is 41.8 Å². The van der Waals surface area contributed by atoms with Gasteiger partial charge in [0.25, 0.3) is 0 Å². The summed E-state index contributed by atoms with van der Waals surface area (Å²) in [5.74, 6) is 0. The molecule has 3 rings (SSSR count). The van der Waals surface area contributed by atoms with Crippen LogP contribution in [0.5, 0.6) is 0 Å². The fourth-order valence-electron chi connectivity index (χ4n) is 1.80. The molecule has 0 atom stereocenters. The van der Waals surface area contributed by atoms with Crippen LogP contribution < -0.4 is 0 Å². The Balaban J connectivity index is 1.84. The van der Waals surface area contributed by atoms with Crippen molar-refractivity contribution in [2.75, 3.05) is 13.2 Å². The van der Waals surface area contributed by atoms with Crippen molar-refractivity contribution in [2.45, 2.75) is 6.29 Å². The van der Waals surface area contributed by atoms with E-state index in [0.717, 1.165) is 5.56 Å². The van der Waals surface area contributed by atoms with E-state index in [1.165, 1.54) is 10.4 Å². The highest BCUT2D eigenvalue weighted by Gasteiger charge is 2.17. The second-order valence-electron chi connectivity index (χ2n) is 3.67. The molecule has 2 nitrogen and oxygen atoms in total. The Morgan fingerprint density at radius 2 is 1.75 bits per heavy atom. The maximum Gasteiger partial charge on any atom is 0.184 e. The van der Waals surface area contributed by atoms with Gasteiger partial charge in [0.15, 0.2) is 6.29 Å². The zero-order chi connectivity index (χ0) is 10.8. The molecule has 16 heavy (non-hydrogen) atoms. The van der Waals surface area contributed by atoms with E-state index in [1.54, 1.807) is 11.3 Å². The third-order valence-corrected chi connectivity index (χ3v) is 3.53. The topological polar surface area (TPSA) is 18.5 Å². The van der Waals surface area contributed by atoms with Crippen molar-refractivity contribution in [2.24, 2.45) is 0 Å². The number of hydrogen-bond acceptors (Lipinski definition) is 3. The van der Waals surface area contributed by atoms with Crippen molar-refractivity contribution in [1.82, 2.24) is 0 Å². The average molecular weight is 232 g/mol. The van der Waals surface area contributed by atoms with Crippen LogP contribution in [0.15, 0.2) is 41.8 Å². The second-order valence-corrected chi connectivity index (χ2v) is 4.62. The number of ether oxygens (including phenoxy) is 2. The van der Waals surface area contributed by atoms with Crippen LogP contribution in [-0.4, -0.2) is 13.2 Å². The maximum atomic E-state index is 5.45.